The van der Waals surface area contributed by atoms with Gasteiger partial charge in [-0.1, -0.05) is 6.92 Å². The molecule has 7 nitrogen and oxygen atoms in total. The van der Waals surface area contributed by atoms with Crippen molar-refractivity contribution in [1.29, 1.82) is 0 Å². The number of hydrogen-bond donors (Lipinski definition) is 3. The van der Waals surface area contributed by atoms with Crippen molar-refractivity contribution >= 4 is 18.1 Å². The summed E-state index contributed by atoms with van der Waals surface area (Å²) in [5, 5.41) is 12.4. The predicted molar refractivity (Wildman–Crippen MR) is 49.3 cm³/mol. The van der Waals surface area contributed by atoms with Crippen LogP contribution in [0.4, 0.5) is 9.59 Å². The van der Waals surface area contributed by atoms with Gasteiger partial charge < -0.3 is 9.84 Å². The van der Waals surface area contributed by atoms with Crippen molar-refractivity contribution in [2.75, 3.05) is 13.7 Å². The molecule has 0 aromatic carbocycles. The van der Waals surface area contributed by atoms with Crippen LogP contribution in [0.2, 0.25) is 0 Å². The number of ether oxygens (including phenoxy) is 1. The third kappa shape index (κ3) is 5.81. The number of nitrogens with one attached hydrogen (secondary N) is 2. The van der Waals surface area contributed by atoms with E-state index in [2.05, 4.69) is 15.0 Å². The van der Waals surface area contributed by atoms with Gasteiger partial charge in [-0.3, -0.25) is 15.6 Å². The van der Waals surface area contributed by atoms with E-state index in [0.29, 0.717) is 6.54 Å². The van der Waals surface area contributed by atoms with Crippen molar-refractivity contribution in [3.63, 3.8) is 0 Å². The second kappa shape index (κ2) is 6.70. The van der Waals surface area contributed by atoms with E-state index in [4.69, 9.17) is 5.11 Å². The molecule has 3 N–H and O–H groups in total. The van der Waals surface area contributed by atoms with Crippen molar-refractivity contribution < 1.29 is 19.4 Å². The fourth-order valence-electron chi connectivity index (χ4n) is 0.583. The van der Waals surface area contributed by atoms with Gasteiger partial charge in [0.05, 0.1) is 7.11 Å². The van der Waals surface area contributed by atoms with Crippen LogP contribution in [0, 0.1) is 0 Å². The minimum absolute atomic E-state index is 0.133. The Morgan fingerprint density at radius 3 is 2.50 bits per heavy atom. The zero-order valence-electron chi connectivity index (χ0n) is 8.03. The van der Waals surface area contributed by atoms with Gasteiger partial charge in [-0.05, 0) is 6.42 Å². The van der Waals surface area contributed by atoms with Gasteiger partial charge in [0.2, 0.25) is 5.96 Å². The molecule has 0 bridgehead atoms. The Bertz CT molecular complexity index is 239. The van der Waals surface area contributed by atoms with Crippen molar-refractivity contribution in [3.05, 3.63) is 0 Å². The van der Waals surface area contributed by atoms with E-state index in [1.54, 1.807) is 0 Å². The monoisotopic (exact) mass is 203 g/mol. The highest BCUT2D eigenvalue weighted by atomic mass is 16.5. The second-order valence-electron chi connectivity index (χ2n) is 2.28. The van der Waals surface area contributed by atoms with E-state index in [1.807, 2.05) is 12.2 Å². The third-order valence-corrected chi connectivity index (χ3v) is 1.12. The molecule has 0 atom stereocenters. The first-order valence-corrected chi connectivity index (χ1v) is 3.99. The Kier molecular flexibility index (Phi) is 5.84. The summed E-state index contributed by atoms with van der Waals surface area (Å²) in [7, 11) is 1.17. The molecule has 0 aromatic heterocycles. The summed E-state index contributed by atoms with van der Waals surface area (Å²) < 4.78 is 4.28. The van der Waals surface area contributed by atoms with Crippen molar-refractivity contribution in [2.45, 2.75) is 13.3 Å². The normalized spacial score (nSPS) is 10.6. The molecule has 0 aromatic rings. The standard InChI is InChI=1S/C7H13N3O4/c1-3-4-8-5(9-6(11)12)10-7(13)14-2/h3-4H2,1-2H3,(H,11,12)(H2,8,9,10,13). The molecular formula is C7H13N3O4. The Morgan fingerprint density at radius 1 is 1.43 bits per heavy atom. The summed E-state index contributed by atoms with van der Waals surface area (Å²) in [5.74, 6) is -0.133. The summed E-state index contributed by atoms with van der Waals surface area (Å²) in [5.41, 5.74) is 0. The number of hydrogen-bond acceptors (Lipinski definition) is 4. The van der Waals surface area contributed by atoms with Crippen LogP contribution in [0.15, 0.2) is 4.99 Å². The highest BCUT2D eigenvalue weighted by Gasteiger charge is 2.07. The smallest absolute Gasteiger partial charge is 0.413 e. The number of rotatable bonds is 2. The number of amides is 2. The lowest BCUT2D eigenvalue weighted by Crippen LogP contribution is -2.43. The minimum atomic E-state index is -1.30. The molecular weight excluding hydrogens is 190 g/mol. The zero-order valence-corrected chi connectivity index (χ0v) is 8.03. The molecule has 0 aliphatic heterocycles. The second-order valence-corrected chi connectivity index (χ2v) is 2.28. The molecule has 14 heavy (non-hydrogen) atoms. The van der Waals surface area contributed by atoms with Crippen LogP contribution in [0.5, 0.6) is 0 Å². The van der Waals surface area contributed by atoms with Gasteiger partial charge >= 0.3 is 12.2 Å². The number of carboxylic acid groups (broad SMARTS) is 1. The first-order chi connectivity index (χ1) is 6.60. The van der Waals surface area contributed by atoms with Gasteiger partial charge in [-0.15, -0.1) is 0 Å². The van der Waals surface area contributed by atoms with E-state index in [0.717, 1.165) is 6.42 Å². The van der Waals surface area contributed by atoms with Crippen LogP contribution in [0.1, 0.15) is 13.3 Å². The van der Waals surface area contributed by atoms with Crippen molar-refractivity contribution in [3.8, 4) is 0 Å². The Labute approximate surface area is 81.2 Å². The molecule has 0 unspecified atom stereocenters. The molecule has 7 heteroatoms. The summed E-state index contributed by atoms with van der Waals surface area (Å²) in [6.45, 7) is 2.29. The quantitative estimate of drug-likeness (QED) is 0.446. The van der Waals surface area contributed by atoms with E-state index in [-0.39, 0.29) is 5.96 Å². The van der Waals surface area contributed by atoms with Gasteiger partial charge in [0, 0.05) is 6.54 Å². The maximum atomic E-state index is 10.7. The molecule has 0 fully saturated rings. The highest BCUT2D eigenvalue weighted by molar-refractivity contribution is 6.00. The van der Waals surface area contributed by atoms with Crippen LogP contribution < -0.4 is 10.6 Å². The highest BCUT2D eigenvalue weighted by Crippen LogP contribution is 1.80. The van der Waals surface area contributed by atoms with Gasteiger partial charge in [-0.2, -0.15) is 0 Å². The Hall–Kier alpha value is -1.79. The van der Waals surface area contributed by atoms with Crippen LogP contribution >= 0.6 is 0 Å². The van der Waals surface area contributed by atoms with Gasteiger partial charge in [0.15, 0.2) is 0 Å². The molecule has 80 valence electrons. The van der Waals surface area contributed by atoms with Crippen LogP contribution in [-0.2, 0) is 4.74 Å². The lowest BCUT2D eigenvalue weighted by Gasteiger charge is -2.06. The number of guanidine groups is 1. The van der Waals surface area contributed by atoms with Gasteiger partial charge in [0.25, 0.3) is 0 Å². The predicted octanol–water partition coefficient (Wildman–Crippen LogP) is 0.376. The Balaban J connectivity index is 4.24. The molecule has 0 rings (SSSR count). The fraction of sp³-hybridized carbons (Fsp3) is 0.571. The molecule has 0 heterocycles. The number of nitrogens with zero attached hydrogens (tertiary/aromatic N) is 1. The van der Waals surface area contributed by atoms with Gasteiger partial charge in [0.1, 0.15) is 0 Å². The molecule has 0 saturated carbocycles. The summed E-state index contributed by atoms with van der Waals surface area (Å²) in [6.07, 6.45) is -1.32. The maximum Gasteiger partial charge on any atom is 0.413 e. The summed E-state index contributed by atoms with van der Waals surface area (Å²) >= 11 is 0. The topological polar surface area (TPSA) is 100 Å². The number of methoxy groups -OCH3 is 1. The average Bonchev–Trinajstić information content (AvgIpc) is 2.13. The summed E-state index contributed by atoms with van der Waals surface area (Å²) in [4.78, 5) is 24.8. The molecule has 0 spiro atoms. The van der Waals surface area contributed by atoms with Crippen molar-refractivity contribution in [2.24, 2.45) is 4.99 Å². The molecule has 0 aliphatic rings. The first kappa shape index (κ1) is 12.2. The van der Waals surface area contributed by atoms with Crippen LogP contribution in [-0.4, -0.2) is 36.9 Å². The van der Waals surface area contributed by atoms with Crippen LogP contribution in [0.3, 0.4) is 0 Å². The number of aliphatic imine (C=N–C) groups is 1. The van der Waals surface area contributed by atoms with E-state index in [1.165, 1.54) is 7.11 Å². The number of alkyl carbamates (subject to hydrolysis) is 1. The third-order valence-electron chi connectivity index (χ3n) is 1.12. The maximum absolute atomic E-state index is 10.7. The lowest BCUT2D eigenvalue weighted by molar-refractivity contribution is 0.176. The fourth-order valence-corrected chi connectivity index (χ4v) is 0.583. The molecule has 0 radical (unpaired) electrons. The van der Waals surface area contributed by atoms with E-state index >= 15 is 0 Å². The number of carbonyl (C=O) groups excluding carboxylic acids is 1. The lowest BCUT2D eigenvalue weighted by atomic mass is 10.5. The van der Waals surface area contributed by atoms with Gasteiger partial charge in [-0.25, -0.2) is 9.59 Å². The van der Waals surface area contributed by atoms with Crippen molar-refractivity contribution in [1.82, 2.24) is 10.6 Å². The number of carbonyl (C=O) groups is 2. The van der Waals surface area contributed by atoms with E-state index < -0.39 is 12.2 Å². The van der Waals surface area contributed by atoms with E-state index in [9.17, 15) is 9.59 Å². The molecule has 0 aliphatic carbocycles. The average molecular weight is 203 g/mol. The largest absolute Gasteiger partial charge is 0.465 e. The zero-order chi connectivity index (χ0) is 11.0. The summed E-state index contributed by atoms with van der Waals surface area (Å²) in [6, 6.07) is 0. The first-order valence-electron chi connectivity index (χ1n) is 3.99. The SMILES string of the molecule is CCCN=C(NC(=O)O)NC(=O)OC. The minimum Gasteiger partial charge on any atom is -0.465 e. The molecule has 0 saturated heterocycles. The molecule has 2 amide bonds. The van der Waals surface area contributed by atoms with Crippen LogP contribution in [0.25, 0.3) is 0 Å². The Morgan fingerprint density at radius 2 is 2.07 bits per heavy atom.